The summed E-state index contributed by atoms with van der Waals surface area (Å²) >= 11 is 6.04. The van der Waals surface area contributed by atoms with Gasteiger partial charge >= 0.3 is 0 Å². The minimum atomic E-state index is 0.0242. The molecule has 0 saturated heterocycles. The van der Waals surface area contributed by atoms with E-state index in [9.17, 15) is 4.79 Å². The van der Waals surface area contributed by atoms with Gasteiger partial charge in [0.05, 0.1) is 5.69 Å². The second-order valence-electron chi connectivity index (χ2n) is 6.12. The molecule has 0 amide bonds. The number of hydrogen-bond donors (Lipinski definition) is 1. The van der Waals surface area contributed by atoms with E-state index in [1.165, 1.54) is 5.56 Å². The van der Waals surface area contributed by atoms with E-state index in [-0.39, 0.29) is 11.5 Å². The topological polar surface area (TPSA) is 49.0 Å². The first-order valence-electron chi connectivity index (χ1n) is 7.61. The van der Waals surface area contributed by atoms with E-state index in [0.29, 0.717) is 6.54 Å². The highest BCUT2D eigenvalue weighted by Crippen LogP contribution is 2.19. The molecule has 2 aromatic rings. The summed E-state index contributed by atoms with van der Waals surface area (Å²) in [6.45, 7) is 6.48. The summed E-state index contributed by atoms with van der Waals surface area (Å²) in [5, 5.41) is 0.756. The maximum atomic E-state index is 12.2. The van der Waals surface area contributed by atoms with Crippen molar-refractivity contribution in [2.24, 2.45) is 0 Å². The number of nitrogens with zero attached hydrogens (tertiary/aromatic N) is 2. The summed E-state index contributed by atoms with van der Waals surface area (Å²) in [4.78, 5) is 22.0. The summed E-state index contributed by atoms with van der Waals surface area (Å²) in [7, 11) is 0. The van der Waals surface area contributed by atoms with Crippen molar-refractivity contribution in [3.05, 3.63) is 62.3 Å². The zero-order chi connectivity index (χ0) is 15.7. The van der Waals surface area contributed by atoms with Crippen LogP contribution >= 0.6 is 11.6 Å². The lowest BCUT2D eigenvalue weighted by atomic mass is 10.0. The van der Waals surface area contributed by atoms with Crippen LogP contribution in [0.3, 0.4) is 0 Å². The third kappa shape index (κ3) is 3.23. The first kappa shape index (κ1) is 15.3. The van der Waals surface area contributed by atoms with Gasteiger partial charge in [-0.1, -0.05) is 37.6 Å². The molecule has 0 aliphatic carbocycles. The average molecular weight is 318 g/mol. The van der Waals surface area contributed by atoms with Crippen molar-refractivity contribution in [2.45, 2.75) is 39.3 Å². The molecule has 0 bridgehead atoms. The molecule has 5 heteroatoms. The highest BCUT2D eigenvalue weighted by Gasteiger charge is 2.21. The van der Waals surface area contributed by atoms with Crippen LogP contribution in [0.25, 0.3) is 0 Å². The zero-order valence-corrected chi connectivity index (χ0v) is 13.7. The van der Waals surface area contributed by atoms with Crippen LogP contribution in [0.5, 0.6) is 0 Å². The highest BCUT2D eigenvalue weighted by molar-refractivity contribution is 6.30. The Kier molecular flexibility index (Phi) is 4.32. The summed E-state index contributed by atoms with van der Waals surface area (Å²) in [6, 6.07) is 7.91. The van der Waals surface area contributed by atoms with Crippen molar-refractivity contribution in [1.29, 1.82) is 0 Å². The van der Waals surface area contributed by atoms with Gasteiger partial charge < -0.3 is 4.98 Å². The maximum absolute atomic E-state index is 12.2. The summed E-state index contributed by atoms with van der Waals surface area (Å²) in [5.41, 5.74) is 2.97. The normalized spacial score (nSPS) is 15.1. The van der Waals surface area contributed by atoms with E-state index in [1.807, 2.05) is 32.0 Å². The van der Waals surface area contributed by atoms with Gasteiger partial charge in [-0.2, -0.15) is 0 Å². The van der Waals surface area contributed by atoms with Crippen LogP contribution in [0.15, 0.2) is 29.1 Å². The van der Waals surface area contributed by atoms with Gasteiger partial charge in [-0.25, -0.2) is 4.98 Å². The van der Waals surface area contributed by atoms with Crippen molar-refractivity contribution in [3.8, 4) is 0 Å². The third-order valence-electron chi connectivity index (χ3n) is 4.01. The molecule has 0 fully saturated rings. The van der Waals surface area contributed by atoms with Crippen LogP contribution in [-0.4, -0.2) is 21.4 Å². The van der Waals surface area contributed by atoms with Crippen molar-refractivity contribution < 1.29 is 0 Å². The molecular formula is C17H20ClN3O. The van der Waals surface area contributed by atoms with E-state index in [0.717, 1.165) is 41.6 Å². The molecule has 116 valence electrons. The number of hydrogen-bond acceptors (Lipinski definition) is 3. The number of nitrogens with one attached hydrogen (secondary N) is 1. The van der Waals surface area contributed by atoms with E-state index in [4.69, 9.17) is 11.6 Å². The predicted molar refractivity (Wildman–Crippen MR) is 88.2 cm³/mol. The van der Waals surface area contributed by atoms with Gasteiger partial charge in [0.1, 0.15) is 5.82 Å². The van der Waals surface area contributed by atoms with Gasteiger partial charge in [0.25, 0.3) is 5.56 Å². The number of halogens is 1. The Morgan fingerprint density at radius 3 is 2.95 bits per heavy atom. The van der Waals surface area contributed by atoms with Gasteiger partial charge in [-0.3, -0.25) is 9.69 Å². The molecule has 4 nitrogen and oxygen atoms in total. The Balaban J connectivity index is 1.82. The van der Waals surface area contributed by atoms with Crippen LogP contribution in [0.1, 0.15) is 42.4 Å². The van der Waals surface area contributed by atoms with Crippen molar-refractivity contribution in [2.75, 3.05) is 6.54 Å². The summed E-state index contributed by atoms with van der Waals surface area (Å²) < 4.78 is 0. The lowest BCUT2D eigenvalue weighted by Crippen LogP contribution is -2.35. The molecule has 1 N–H and O–H groups in total. The number of benzene rings is 1. The Morgan fingerprint density at radius 1 is 1.41 bits per heavy atom. The fourth-order valence-corrected chi connectivity index (χ4v) is 3.03. The second-order valence-corrected chi connectivity index (χ2v) is 6.56. The molecule has 1 aliphatic rings. The lowest BCUT2D eigenvalue weighted by Gasteiger charge is -2.28. The van der Waals surface area contributed by atoms with Gasteiger partial charge in [-0.15, -0.1) is 0 Å². The first-order chi connectivity index (χ1) is 10.5. The highest BCUT2D eigenvalue weighted by atomic mass is 35.5. The van der Waals surface area contributed by atoms with Gasteiger partial charge in [-0.05, 0) is 24.1 Å². The minimum absolute atomic E-state index is 0.0242. The van der Waals surface area contributed by atoms with E-state index in [1.54, 1.807) is 0 Å². The molecule has 0 unspecified atom stereocenters. The number of rotatable bonds is 3. The van der Waals surface area contributed by atoms with Crippen LogP contribution in [0.2, 0.25) is 5.02 Å². The van der Waals surface area contributed by atoms with Gasteiger partial charge in [0.15, 0.2) is 0 Å². The molecule has 1 aromatic heterocycles. The number of fused-ring (bicyclic) bond motifs is 1. The quantitative estimate of drug-likeness (QED) is 0.946. The fraction of sp³-hybridized carbons (Fsp3) is 0.412. The Hall–Kier alpha value is -1.65. The van der Waals surface area contributed by atoms with Crippen LogP contribution in [0, 0.1) is 0 Å². The first-order valence-corrected chi connectivity index (χ1v) is 7.99. The molecule has 1 aliphatic heterocycles. The smallest absolute Gasteiger partial charge is 0.254 e. The molecule has 0 saturated carbocycles. The predicted octanol–water partition coefficient (Wildman–Crippen LogP) is 3.11. The van der Waals surface area contributed by atoms with Gasteiger partial charge in [0.2, 0.25) is 0 Å². The molecule has 2 heterocycles. The van der Waals surface area contributed by atoms with Crippen LogP contribution < -0.4 is 5.56 Å². The van der Waals surface area contributed by atoms with Crippen molar-refractivity contribution >= 4 is 11.6 Å². The Morgan fingerprint density at radius 2 is 2.23 bits per heavy atom. The Bertz CT molecular complexity index is 739. The minimum Gasteiger partial charge on any atom is -0.310 e. The largest absolute Gasteiger partial charge is 0.310 e. The van der Waals surface area contributed by atoms with E-state index in [2.05, 4.69) is 20.9 Å². The standard InChI is InChI=1S/C17H20ClN3O/c1-11(2)16-19-15-10-21(7-6-14(15)17(22)20-16)9-12-4-3-5-13(18)8-12/h3-5,8,11H,6-7,9-10H2,1-2H3,(H,19,20,22). The molecule has 0 spiro atoms. The zero-order valence-electron chi connectivity index (χ0n) is 12.9. The molecule has 0 atom stereocenters. The van der Waals surface area contributed by atoms with Crippen molar-refractivity contribution in [3.63, 3.8) is 0 Å². The lowest BCUT2D eigenvalue weighted by molar-refractivity contribution is 0.240. The maximum Gasteiger partial charge on any atom is 0.254 e. The third-order valence-corrected chi connectivity index (χ3v) is 4.25. The molecule has 1 aromatic carbocycles. The molecule has 22 heavy (non-hydrogen) atoms. The van der Waals surface area contributed by atoms with Crippen LogP contribution in [0.4, 0.5) is 0 Å². The average Bonchev–Trinajstić information content (AvgIpc) is 2.46. The number of aromatic amines is 1. The number of aromatic nitrogens is 2. The summed E-state index contributed by atoms with van der Waals surface area (Å²) in [5.74, 6) is 0.995. The molecule has 3 rings (SSSR count). The van der Waals surface area contributed by atoms with Crippen LogP contribution in [-0.2, 0) is 19.5 Å². The SMILES string of the molecule is CC(C)c1nc2c(c(=O)[nH]1)CCN(Cc1cccc(Cl)c1)C2. The second kappa shape index (κ2) is 6.23. The number of H-pyrrole nitrogens is 1. The molecule has 0 radical (unpaired) electrons. The van der Waals surface area contributed by atoms with Gasteiger partial charge in [0, 0.05) is 36.1 Å². The fourth-order valence-electron chi connectivity index (χ4n) is 2.81. The Labute approximate surface area is 135 Å². The summed E-state index contributed by atoms with van der Waals surface area (Å²) in [6.07, 6.45) is 0.747. The van der Waals surface area contributed by atoms with E-state index < -0.39 is 0 Å². The van der Waals surface area contributed by atoms with Crippen molar-refractivity contribution in [1.82, 2.24) is 14.9 Å². The monoisotopic (exact) mass is 317 g/mol. The van der Waals surface area contributed by atoms with E-state index >= 15 is 0 Å². The molecular weight excluding hydrogens is 298 g/mol.